The van der Waals surface area contributed by atoms with Gasteiger partial charge in [-0.2, -0.15) is 0 Å². The third-order valence-electron chi connectivity index (χ3n) is 6.13. The highest BCUT2D eigenvalue weighted by atomic mass is 32.2. The van der Waals surface area contributed by atoms with Gasteiger partial charge in [-0.3, -0.25) is 19.4 Å². The first-order chi connectivity index (χ1) is 21.0. The number of hydrogen-bond acceptors (Lipinski definition) is 6. The highest BCUT2D eigenvalue weighted by molar-refractivity contribution is 8.00. The molecule has 0 saturated heterocycles. The minimum absolute atomic E-state index is 0.0526. The average molecular weight is 586 g/mol. The van der Waals surface area contributed by atoms with Crippen molar-refractivity contribution >= 4 is 47.1 Å². The first-order valence-electron chi connectivity index (χ1n) is 13.4. The molecule has 43 heavy (non-hydrogen) atoms. The molecule has 2 aromatic heterocycles. The molecule has 3 aromatic carbocycles. The number of nitrogens with zero attached hydrogens (tertiary/aromatic N) is 2. The molecular formula is C34H27N5O3S. The molecule has 3 N–H and O–H groups in total. The van der Waals surface area contributed by atoms with Crippen LogP contribution in [0.3, 0.4) is 0 Å². The van der Waals surface area contributed by atoms with E-state index in [-0.39, 0.29) is 11.6 Å². The van der Waals surface area contributed by atoms with E-state index in [0.717, 1.165) is 10.5 Å². The molecule has 2 heterocycles. The van der Waals surface area contributed by atoms with Crippen molar-refractivity contribution in [3.63, 3.8) is 0 Å². The van der Waals surface area contributed by atoms with Crippen molar-refractivity contribution in [3.05, 3.63) is 156 Å². The minimum atomic E-state index is -0.583. The number of thioether (sulfide) groups is 1. The predicted octanol–water partition coefficient (Wildman–Crippen LogP) is 6.36. The van der Waals surface area contributed by atoms with Gasteiger partial charge < -0.3 is 16.0 Å². The zero-order chi connectivity index (χ0) is 29.9. The number of carbonyl (C=O) groups is 3. The number of nitrogens with one attached hydrogen (secondary N) is 3. The third-order valence-corrected chi connectivity index (χ3v) is 7.37. The van der Waals surface area contributed by atoms with Gasteiger partial charge in [-0.25, -0.2) is 4.98 Å². The summed E-state index contributed by atoms with van der Waals surface area (Å²) in [5.41, 5.74) is 2.44. The number of amides is 3. The molecule has 0 saturated carbocycles. The normalized spacial score (nSPS) is 11.7. The maximum Gasteiger partial charge on any atom is 0.272 e. The molecule has 0 radical (unpaired) electrons. The summed E-state index contributed by atoms with van der Waals surface area (Å²) >= 11 is 1.35. The van der Waals surface area contributed by atoms with Crippen LogP contribution in [-0.2, 0) is 9.59 Å². The lowest BCUT2D eigenvalue weighted by atomic mass is 10.1. The van der Waals surface area contributed by atoms with Crippen LogP contribution < -0.4 is 16.0 Å². The topological polar surface area (TPSA) is 113 Å². The fraction of sp³-hybridized carbons (Fsp3) is 0.0294. The second-order valence-electron chi connectivity index (χ2n) is 9.26. The van der Waals surface area contributed by atoms with E-state index in [1.165, 1.54) is 11.8 Å². The molecule has 9 heteroatoms. The van der Waals surface area contributed by atoms with E-state index in [4.69, 9.17) is 0 Å². The highest BCUT2D eigenvalue weighted by Gasteiger charge is 2.23. The standard InChI is InChI=1S/C34H27N5O3S/c40-32(26-14-5-2-6-15-26)38-29(21-24-11-10-19-35-23-24)33(41)37-27-16-9-17-28(22-27)43-31(25-12-3-1-4-13-25)34(42)39-30-18-7-8-20-36-30/h1-23,31H,(H,37,41)(H,38,40)(H,36,39,42)/b29-21-. The summed E-state index contributed by atoms with van der Waals surface area (Å²) in [6, 6.07) is 34.1. The SMILES string of the molecule is O=C(Nc1cccc(SC(C(=O)Nc2ccccn2)c2ccccc2)c1)/C(=C/c1cccnc1)NC(=O)c1ccccc1. The quantitative estimate of drug-likeness (QED) is 0.130. The molecule has 212 valence electrons. The van der Waals surface area contributed by atoms with Crippen LogP contribution in [0.2, 0.25) is 0 Å². The number of anilines is 2. The lowest BCUT2D eigenvalue weighted by Crippen LogP contribution is -2.30. The largest absolute Gasteiger partial charge is 0.321 e. The van der Waals surface area contributed by atoms with E-state index in [0.29, 0.717) is 22.6 Å². The van der Waals surface area contributed by atoms with Crippen LogP contribution in [0.4, 0.5) is 11.5 Å². The maximum atomic E-state index is 13.5. The van der Waals surface area contributed by atoms with E-state index in [9.17, 15) is 14.4 Å². The summed E-state index contributed by atoms with van der Waals surface area (Å²) in [4.78, 5) is 48.8. The van der Waals surface area contributed by atoms with Crippen LogP contribution in [0.1, 0.15) is 26.7 Å². The Bertz CT molecular complexity index is 1720. The van der Waals surface area contributed by atoms with Gasteiger partial charge >= 0.3 is 0 Å². The van der Waals surface area contributed by atoms with Crippen molar-refractivity contribution in [1.82, 2.24) is 15.3 Å². The van der Waals surface area contributed by atoms with Crippen LogP contribution in [0.25, 0.3) is 6.08 Å². The Morgan fingerprint density at radius 1 is 0.744 bits per heavy atom. The smallest absolute Gasteiger partial charge is 0.272 e. The second kappa shape index (κ2) is 14.4. The van der Waals surface area contributed by atoms with Gasteiger partial charge in [-0.05, 0) is 65.7 Å². The van der Waals surface area contributed by atoms with Crippen molar-refractivity contribution in [2.75, 3.05) is 10.6 Å². The van der Waals surface area contributed by atoms with Crippen molar-refractivity contribution in [2.24, 2.45) is 0 Å². The Morgan fingerprint density at radius 3 is 2.23 bits per heavy atom. The van der Waals surface area contributed by atoms with Crippen molar-refractivity contribution in [1.29, 1.82) is 0 Å². The number of carbonyl (C=O) groups excluding carboxylic acids is 3. The molecule has 3 amide bonds. The number of benzene rings is 3. The molecule has 0 aliphatic heterocycles. The number of rotatable bonds is 10. The fourth-order valence-electron chi connectivity index (χ4n) is 4.08. The molecule has 0 fully saturated rings. The Balaban J connectivity index is 1.36. The molecule has 5 rings (SSSR count). The van der Waals surface area contributed by atoms with Crippen LogP contribution in [0, 0.1) is 0 Å². The Morgan fingerprint density at radius 2 is 1.51 bits per heavy atom. The maximum absolute atomic E-state index is 13.5. The van der Waals surface area contributed by atoms with E-state index in [1.54, 1.807) is 97.5 Å². The first kappa shape index (κ1) is 29.0. The number of hydrogen-bond donors (Lipinski definition) is 3. The Kier molecular flexibility index (Phi) is 9.69. The van der Waals surface area contributed by atoms with Gasteiger partial charge in [0.15, 0.2) is 0 Å². The monoisotopic (exact) mass is 585 g/mol. The van der Waals surface area contributed by atoms with Crippen molar-refractivity contribution in [2.45, 2.75) is 10.1 Å². The summed E-state index contributed by atoms with van der Waals surface area (Å²) in [5.74, 6) is -0.696. The minimum Gasteiger partial charge on any atom is -0.321 e. The summed E-state index contributed by atoms with van der Waals surface area (Å²) in [7, 11) is 0. The third kappa shape index (κ3) is 8.25. The second-order valence-corrected chi connectivity index (χ2v) is 10.4. The average Bonchev–Trinajstić information content (AvgIpc) is 3.05. The van der Waals surface area contributed by atoms with Gasteiger partial charge in [0.05, 0.1) is 0 Å². The molecular weight excluding hydrogens is 558 g/mol. The summed E-state index contributed by atoms with van der Waals surface area (Å²) in [5, 5.41) is 7.90. The van der Waals surface area contributed by atoms with Crippen LogP contribution in [0.15, 0.2) is 144 Å². The van der Waals surface area contributed by atoms with E-state index >= 15 is 0 Å². The van der Waals surface area contributed by atoms with Crippen LogP contribution >= 0.6 is 11.8 Å². The lowest BCUT2D eigenvalue weighted by Gasteiger charge is -2.17. The van der Waals surface area contributed by atoms with Crippen LogP contribution in [-0.4, -0.2) is 27.7 Å². The lowest BCUT2D eigenvalue weighted by molar-refractivity contribution is -0.116. The molecule has 1 unspecified atom stereocenters. The van der Waals surface area contributed by atoms with Crippen LogP contribution in [0.5, 0.6) is 0 Å². The highest BCUT2D eigenvalue weighted by Crippen LogP contribution is 2.37. The van der Waals surface area contributed by atoms with E-state index in [2.05, 4.69) is 25.9 Å². The van der Waals surface area contributed by atoms with Gasteiger partial charge in [0.25, 0.3) is 11.8 Å². The van der Waals surface area contributed by atoms with Crippen molar-refractivity contribution in [3.8, 4) is 0 Å². The Labute approximate surface area is 253 Å². The van der Waals surface area contributed by atoms with E-state index in [1.807, 2.05) is 42.5 Å². The molecule has 1 atom stereocenters. The molecule has 0 aliphatic carbocycles. The zero-order valence-corrected chi connectivity index (χ0v) is 23.7. The summed E-state index contributed by atoms with van der Waals surface area (Å²) in [6.07, 6.45) is 6.40. The van der Waals surface area contributed by atoms with Gasteiger partial charge in [0.2, 0.25) is 5.91 Å². The van der Waals surface area contributed by atoms with Gasteiger partial charge in [-0.1, -0.05) is 66.7 Å². The van der Waals surface area contributed by atoms with Gasteiger partial charge in [-0.15, -0.1) is 11.8 Å². The molecule has 0 aliphatic rings. The number of pyridine rings is 2. The summed E-state index contributed by atoms with van der Waals surface area (Å²) in [6.45, 7) is 0. The zero-order valence-electron chi connectivity index (χ0n) is 22.9. The van der Waals surface area contributed by atoms with Gasteiger partial charge in [0, 0.05) is 34.7 Å². The van der Waals surface area contributed by atoms with E-state index < -0.39 is 17.1 Å². The molecule has 5 aromatic rings. The molecule has 0 spiro atoms. The van der Waals surface area contributed by atoms with Crippen molar-refractivity contribution < 1.29 is 14.4 Å². The number of aromatic nitrogens is 2. The fourth-order valence-corrected chi connectivity index (χ4v) is 5.16. The first-order valence-corrected chi connectivity index (χ1v) is 14.3. The Hall–Kier alpha value is -5.54. The predicted molar refractivity (Wildman–Crippen MR) is 169 cm³/mol. The summed E-state index contributed by atoms with van der Waals surface area (Å²) < 4.78 is 0. The molecule has 8 nitrogen and oxygen atoms in total. The van der Waals surface area contributed by atoms with Gasteiger partial charge in [0.1, 0.15) is 16.8 Å². The molecule has 0 bridgehead atoms.